The topological polar surface area (TPSA) is 96.5 Å². The highest BCUT2D eigenvalue weighted by Gasteiger charge is 2.51. The van der Waals surface area contributed by atoms with Crippen LogP contribution in [-0.2, 0) is 10.2 Å². The molecule has 7 nitrogen and oxygen atoms in total. The van der Waals surface area contributed by atoms with Gasteiger partial charge in [-0.25, -0.2) is 5.10 Å². The van der Waals surface area contributed by atoms with E-state index in [1.54, 1.807) is 0 Å². The van der Waals surface area contributed by atoms with Crippen LogP contribution in [-0.4, -0.2) is 31.5 Å². The molecule has 0 aliphatic heterocycles. The van der Waals surface area contributed by atoms with Gasteiger partial charge < -0.3 is 5.32 Å². The van der Waals surface area contributed by atoms with Crippen molar-refractivity contribution in [2.75, 3.05) is 5.32 Å². The zero-order chi connectivity index (χ0) is 21.4. The van der Waals surface area contributed by atoms with Gasteiger partial charge in [-0.2, -0.15) is 0 Å². The zero-order valence-corrected chi connectivity index (χ0v) is 17.5. The van der Waals surface area contributed by atoms with Gasteiger partial charge in [0, 0.05) is 33.7 Å². The smallest absolute Gasteiger partial charge is 0.235 e. The fraction of sp³-hybridized carbons (Fsp3) is 0.174. The van der Waals surface area contributed by atoms with Gasteiger partial charge in [0.1, 0.15) is 0 Å². The molecule has 2 aromatic carbocycles. The molecule has 0 radical (unpaired) electrons. The second-order valence-corrected chi connectivity index (χ2v) is 8.18. The number of hydrogen-bond donors (Lipinski definition) is 2. The minimum Gasteiger partial charge on any atom is -0.325 e. The Kier molecular flexibility index (Phi) is 4.75. The molecule has 2 N–H and O–H groups in total. The van der Waals surface area contributed by atoms with Crippen LogP contribution in [0.1, 0.15) is 24.1 Å². The Morgan fingerprint density at radius 3 is 2.65 bits per heavy atom. The summed E-state index contributed by atoms with van der Waals surface area (Å²) in [6, 6.07) is 17.2. The molecule has 1 aliphatic rings. The number of carbonyl (C=O) groups is 1. The highest BCUT2D eigenvalue weighted by Crippen LogP contribution is 2.49. The third kappa shape index (κ3) is 3.68. The first-order valence-electron chi connectivity index (χ1n) is 9.94. The molecule has 0 atom stereocenters. The van der Waals surface area contributed by atoms with E-state index in [1.165, 1.54) is 0 Å². The Labute approximate surface area is 183 Å². The van der Waals surface area contributed by atoms with E-state index >= 15 is 0 Å². The lowest BCUT2D eigenvalue weighted by molar-refractivity contribution is -0.118. The predicted molar refractivity (Wildman–Crippen MR) is 119 cm³/mol. The van der Waals surface area contributed by atoms with Crippen molar-refractivity contribution in [3.8, 4) is 22.5 Å². The van der Waals surface area contributed by atoms with Crippen molar-refractivity contribution >= 4 is 23.2 Å². The largest absolute Gasteiger partial charge is 0.325 e. The van der Waals surface area contributed by atoms with Crippen LogP contribution in [0, 0.1) is 6.92 Å². The number of aromatic nitrogens is 5. The number of halogens is 1. The van der Waals surface area contributed by atoms with Gasteiger partial charge in [-0.15, -0.1) is 5.10 Å². The van der Waals surface area contributed by atoms with Crippen LogP contribution in [0.25, 0.3) is 22.5 Å². The van der Waals surface area contributed by atoms with Gasteiger partial charge in [0.2, 0.25) is 5.91 Å². The summed E-state index contributed by atoms with van der Waals surface area (Å²) in [7, 11) is 0. The monoisotopic (exact) mass is 430 g/mol. The van der Waals surface area contributed by atoms with Gasteiger partial charge >= 0.3 is 0 Å². The van der Waals surface area contributed by atoms with Gasteiger partial charge in [0.15, 0.2) is 5.82 Å². The Morgan fingerprint density at radius 2 is 1.97 bits per heavy atom. The number of H-pyrrole nitrogens is 1. The second kappa shape index (κ2) is 7.59. The lowest BCUT2D eigenvalue weighted by Crippen LogP contribution is -2.27. The SMILES string of the molecule is Cc1ccc(-c2ccc(NC(=O)C3(c4cccc(Cl)c4)CC3)cc2-c2nnn[nH]2)cn1. The Morgan fingerprint density at radius 1 is 1.10 bits per heavy atom. The van der Waals surface area contributed by atoms with Crippen molar-refractivity contribution < 1.29 is 4.79 Å². The van der Waals surface area contributed by atoms with E-state index in [2.05, 4.69) is 30.9 Å². The first kappa shape index (κ1) is 19.4. The van der Waals surface area contributed by atoms with Crippen LogP contribution in [0.4, 0.5) is 5.69 Å². The van der Waals surface area contributed by atoms with Crippen LogP contribution in [0.3, 0.4) is 0 Å². The fourth-order valence-corrected chi connectivity index (χ4v) is 3.97. The summed E-state index contributed by atoms with van der Waals surface area (Å²) in [5.41, 5.74) is 4.66. The Hall–Kier alpha value is -3.58. The number of carbonyl (C=O) groups excluding carboxylic acids is 1. The lowest BCUT2D eigenvalue weighted by Gasteiger charge is -2.17. The molecule has 1 aliphatic carbocycles. The minimum atomic E-state index is -0.529. The average molecular weight is 431 g/mol. The van der Waals surface area contributed by atoms with Crippen LogP contribution in [0.5, 0.6) is 0 Å². The maximum absolute atomic E-state index is 13.2. The Balaban J connectivity index is 1.49. The summed E-state index contributed by atoms with van der Waals surface area (Å²) in [5, 5.41) is 18.0. The first-order valence-corrected chi connectivity index (χ1v) is 10.3. The Bertz CT molecular complexity index is 1250. The van der Waals surface area contributed by atoms with E-state index in [0.29, 0.717) is 16.5 Å². The molecular weight excluding hydrogens is 412 g/mol. The quantitative estimate of drug-likeness (QED) is 0.483. The van der Waals surface area contributed by atoms with Crippen LogP contribution in [0.2, 0.25) is 5.02 Å². The number of hydrogen-bond acceptors (Lipinski definition) is 5. The molecule has 2 heterocycles. The summed E-state index contributed by atoms with van der Waals surface area (Å²) in [5.74, 6) is 0.476. The summed E-state index contributed by atoms with van der Waals surface area (Å²) in [6.07, 6.45) is 3.41. The van der Waals surface area contributed by atoms with Crippen molar-refractivity contribution in [1.29, 1.82) is 0 Å². The summed E-state index contributed by atoms with van der Waals surface area (Å²) < 4.78 is 0. The number of rotatable bonds is 5. The second-order valence-electron chi connectivity index (χ2n) is 7.75. The van der Waals surface area contributed by atoms with E-state index in [9.17, 15) is 4.79 Å². The number of aromatic amines is 1. The van der Waals surface area contributed by atoms with Crippen LogP contribution < -0.4 is 5.32 Å². The molecule has 1 fully saturated rings. The molecule has 154 valence electrons. The highest BCUT2D eigenvalue weighted by atomic mass is 35.5. The molecule has 8 heteroatoms. The van der Waals surface area contributed by atoms with Crippen LogP contribution >= 0.6 is 11.6 Å². The molecule has 31 heavy (non-hydrogen) atoms. The molecular formula is C23H19ClN6O. The average Bonchev–Trinajstić information content (AvgIpc) is 3.41. The molecule has 4 aromatic rings. The molecule has 0 bridgehead atoms. The van der Waals surface area contributed by atoms with Crippen molar-refractivity contribution in [3.63, 3.8) is 0 Å². The minimum absolute atomic E-state index is 0.0406. The van der Waals surface area contributed by atoms with Crippen LogP contribution in [0.15, 0.2) is 60.8 Å². The lowest BCUT2D eigenvalue weighted by atomic mass is 9.94. The zero-order valence-electron chi connectivity index (χ0n) is 16.8. The molecule has 0 saturated heterocycles. The van der Waals surface area contributed by atoms with Gasteiger partial charge in [0.05, 0.1) is 5.41 Å². The van der Waals surface area contributed by atoms with Gasteiger partial charge in [-0.05, 0) is 71.7 Å². The number of aryl methyl sites for hydroxylation is 1. The number of nitrogens with one attached hydrogen (secondary N) is 2. The normalized spacial score (nSPS) is 14.3. The number of pyridine rings is 1. The van der Waals surface area contributed by atoms with Crippen molar-refractivity contribution in [1.82, 2.24) is 25.6 Å². The predicted octanol–water partition coefficient (Wildman–Crippen LogP) is 4.56. The maximum atomic E-state index is 13.2. The first-order chi connectivity index (χ1) is 15.0. The van der Waals surface area contributed by atoms with Crippen molar-refractivity contribution in [3.05, 3.63) is 77.1 Å². The van der Waals surface area contributed by atoms with E-state index in [4.69, 9.17) is 11.6 Å². The third-order valence-corrected chi connectivity index (χ3v) is 5.90. The van der Waals surface area contributed by atoms with E-state index in [0.717, 1.165) is 40.8 Å². The molecule has 0 spiro atoms. The molecule has 5 rings (SSSR count). The molecule has 2 aromatic heterocycles. The molecule has 1 saturated carbocycles. The summed E-state index contributed by atoms with van der Waals surface area (Å²) >= 11 is 6.15. The number of amides is 1. The van der Waals surface area contributed by atoms with Crippen molar-refractivity contribution in [2.45, 2.75) is 25.2 Å². The third-order valence-electron chi connectivity index (χ3n) is 5.66. The maximum Gasteiger partial charge on any atom is 0.235 e. The number of benzene rings is 2. The van der Waals surface area contributed by atoms with E-state index in [1.807, 2.05) is 67.7 Å². The number of nitrogens with zero attached hydrogens (tertiary/aromatic N) is 4. The van der Waals surface area contributed by atoms with E-state index in [-0.39, 0.29) is 5.91 Å². The van der Waals surface area contributed by atoms with E-state index < -0.39 is 5.41 Å². The highest BCUT2D eigenvalue weighted by molar-refractivity contribution is 6.30. The summed E-state index contributed by atoms with van der Waals surface area (Å²) in [4.78, 5) is 17.6. The fourth-order valence-electron chi connectivity index (χ4n) is 3.78. The van der Waals surface area contributed by atoms with Crippen molar-refractivity contribution in [2.24, 2.45) is 0 Å². The van der Waals surface area contributed by atoms with Gasteiger partial charge in [-0.1, -0.05) is 35.9 Å². The van der Waals surface area contributed by atoms with Gasteiger partial charge in [0.25, 0.3) is 0 Å². The number of tetrazole rings is 1. The van der Waals surface area contributed by atoms with Gasteiger partial charge in [-0.3, -0.25) is 9.78 Å². The standard InChI is InChI=1S/C23H19ClN6O/c1-14-5-6-15(13-25-14)19-8-7-18(12-20(19)21-27-29-30-28-21)26-22(31)23(9-10-23)16-3-2-4-17(24)11-16/h2-8,11-13H,9-10H2,1H3,(H,26,31)(H,27,28,29,30). The molecule has 1 amide bonds. The molecule has 0 unspecified atom stereocenters. The number of anilines is 1. The summed E-state index contributed by atoms with van der Waals surface area (Å²) in [6.45, 7) is 1.94.